The van der Waals surface area contributed by atoms with Crippen LogP contribution in [0.25, 0.3) is 0 Å². The maximum Gasteiger partial charge on any atom is 0.256 e. The van der Waals surface area contributed by atoms with E-state index in [4.69, 9.17) is 16.3 Å². The molecule has 3 nitrogen and oxygen atoms in total. The van der Waals surface area contributed by atoms with Crippen molar-refractivity contribution in [3.05, 3.63) is 28.8 Å². The fourth-order valence-corrected chi connectivity index (χ4v) is 1.51. The molecule has 17 heavy (non-hydrogen) atoms. The van der Waals surface area contributed by atoms with E-state index in [1.54, 1.807) is 13.0 Å². The number of amides is 1. The lowest BCUT2D eigenvalue weighted by atomic mass is 10.0. The number of halogens is 1. The van der Waals surface area contributed by atoms with E-state index in [9.17, 15) is 4.79 Å². The van der Waals surface area contributed by atoms with Crippen LogP contribution in [0.3, 0.4) is 0 Å². The molecule has 4 heteroatoms. The highest BCUT2D eigenvalue weighted by Crippen LogP contribution is 2.22. The summed E-state index contributed by atoms with van der Waals surface area (Å²) in [7, 11) is 1.53. The Hall–Kier alpha value is -1.06. The number of hydrogen-bond acceptors (Lipinski definition) is 2. The number of hydrogen-bond donors (Lipinski definition) is 1. The smallest absolute Gasteiger partial charge is 0.256 e. The first-order valence-electron chi connectivity index (χ1n) is 5.55. The summed E-state index contributed by atoms with van der Waals surface area (Å²) in [6.07, 6.45) is 0.606. The summed E-state index contributed by atoms with van der Waals surface area (Å²) in [6, 6.07) is 5.43. The van der Waals surface area contributed by atoms with Crippen LogP contribution in [0.2, 0.25) is 5.02 Å². The molecule has 1 rings (SSSR count). The molecule has 1 N–H and O–H groups in total. The van der Waals surface area contributed by atoms with Crippen molar-refractivity contribution in [3.8, 4) is 0 Å². The first-order valence-corrected chi connectivity index (χ1v) is 5.93. The predicted molar refractivity (Wildman–Crippen MR) is 70.5 cm³/mol. The van der Waals surface area contributed by atoms with E-state index >= 15 is 0 Å². The highest BCUT2D eigenvalue weighted by Gasteiger charge is 2.30. The molecule has 0 spiro atoms. The largest absolute Gasteiger partial charge is 0.369 e. The summed E-state index contributed by atoms with van der Waals surface area (Å²) in [4.78, 5) is 12.0. The molecular formula is C13H18ClNO2. The number of ether oxygens (including phenoxy) is 1. The monoisotopic (exact) mass is 255 g/mol. The Morgan fingerprint density at radius 1 is 1.53 bits per heavy atom. The zero-order valence-corrected chi connectivity index (χ0v) is 11.4. The molecular weight excluding hydrogens is 238 g/mol. The summed E-state index contributed by atoms with van der Waals surface area (Å²) in [6.45, 7) is 5.59. The Morgan fingerprint density at radius 2 is 2.18 bits per heavy atom. The molecule has 1 aromatic rings. The molecule has 1 amide bonds. The van der Waals surface area contributed by atoms with E-state index in [2.05, 4.69) is 5.32 Å². The van der Waals surface area contributed by atoms with E-state index in [1.807, 2.05) is 26.0 Å². The third kappa shape index (κ3) is 3.20. The van der Waals surface area contributed by atoms with Crippen LogP contribution in [0.1, 0.15) is 25.8 Å². The van der Waals surface area contributed by atoms with E-state index < -0.39 is 5.60 Å². The summed E-state index contributed by atoms with van der Waals surface area (Å²) < 4.78 is 5.23. The molecule has 1 atom stereocenters. The van der Waals surface area contributed by atoms with Crippen molar-refractivity contribution in [1.82, 2.24) is 0 Å². The molecule has 94 valence electrons. The van der Waals surface area contributed by atoms with Crippen molar-refractivity contribution in [1.29, 1.82) is 0 Å². The minimum Gasteiger partial charge on any atom is -0.369 e. The molecule has 1 aromatic carbocycles. The molecule has 0 fully saturated rings. The van der Waals surface area contributed by atoms with Gasteiger partial charge < -0.3 is 10.1 Å². The van der Waals surface area contributed by atoms with E-state index in [0.717, 1.165) is 5.56 Å². The van der Waals surface area contributed by atoms with Gasteiger partial charge in [0.15, 0.2) is 0 Å². The molecule has 0 aromatic heterocycles. The zero-order chi connectivity index (χ0) is 13.1. The number of rotatable bonds is 4. The number of carbonyl (C=O) groups excluding carboxylic acids is 1. The molecule has 0 saturated heterocycles. The molecule has 0 radical (unpaired) electrons. The van der Waals surface area contributed by atoms with Gasteiger partial charge in [0.1, 0.15) is 5.60 Å². The Kier molecular flexibility index (Phi) is 4.54. The van der Waals surface area contributed by atoms with Crippen molar-refractivity contribution in [2.24, 2.45) is 0 Å². The quantitative estimate of drug-likeness (QED) is 0.896. The van der Waals surface area contributed by atoms with Gasteiger partial charge in [-0.25, -0.2) is 0 Å². The number of anilines is 1. The van der Waals surface area contributed by atoms with Crippen LogP contribution in [-0.4, -0.2) is 18.6 Å². The van der Waals surface area contributed by atoms with Crippen molar-refractivity contribution in [3.63, 3.8) is 0 Å². The fraction of sp³-hybridized carbons (Fsp3) is 0.462. The van der Waals surface area contributed by atoms with E-state index in [0.29, 0.717) is 17.1 Å². The maximum absolute atomic E-state index is 12.0. The molecule has 0 aliphatic rings. The van der Waals surface area contributed by atoms with Crippen molar-refractivity contribution >= 4 is 23.2 Å². The van der Waals surface area contributed by atoms with Crippen LogP contribution < -0.4 is 5.32 Å². The number of nitrogens with one attached hydrogen (secondary N) is 1. The average Bonchev–Trinajstić information content (AvgIpc) is 2.32. The first kappa shape index (κ1) is 14.0. The second-order valence-corrected chi connectivity index (χ2v) is 4.61. The lowest BCUT2D eigenvalue weighted by Crippen LogP contribution is -2.41. The summed E-state index contributed by atoms with van der Waals surface area (Å²) in [5, 5.41) is 3.44. The number of aryl methyl sites for hydroxylation is 1. The molecule has 0 saturated carbocycles. The highest BCUT2D eigenvalue weighted by atomic mass is 35.5. The van der Waals surface area contributed by atoms with Crippen LogP contribution in [0, 0.1) is 6.92 Å². The van der Waals surface area contributed by atoms with E-state index in [1.165, 1.54) is 7.11 Å². The van der Waals surface area contributed by atoms with Gasteiger partial charge in [0, 0.05) is 17.8 Å². The number of benzene rings is 1. The maximum atomic E-state index is 12.0. The van der Waals surface area contributed by atoms with Crippen LogP contribution in [0.4, 0.5) is 5.69 Å². The third-order valence-corrected chi connectivity index (χ3v) is 3.44. The van der Waals surface area contributed by atoms with Gasteiger partial charge in [-0.3, -0.25) is 4.79 Å². The van der Waals surface area contributed by atoms with Crippen LogP contribution in [-0.2, 0) is 9.53 Å². The molecule has 1 unspecified atom stereocenters. The van der Waals surface area contributed by atoms with Crippen molar-refractivity contribution in [2.75, 3.05) is 12.4 Å². The topological polar surface area (TPSA) is 38.3 Å². The second kappa shape index (κ2) is 5.52. The first-order chi connectivity index (χ1) is 7.92. The fourth-order valence-electron chi connectivity index (χ4n) is 1.33. The second-order valence-electron chi connectivity index (χ2n) is 4.21. The Morgan fingerprint density at radius 3 is 2.65 bits per heavy atom. The lowest BCUT2D eigenvalue weighted by Gasteiger charge is -2.25. The number of carbonyl (C=O) groups is 1. The minimum absolute atomic E-state index is 0.164. The average molecular weight is 256 g/mol. The molecule has 0 aliphatic heterocycles. The Labute approximate surface area is 107 Å². The highest BCUT2D eigenvalue weighted by molar-refractivity contribution is 6.31. The molecule has 0 bridgehead atoms. The van der Waals surface area contributed by atoms with Crippen LogP contribution >= 0.6 is 11.6 Å². The summed E-state index contributed by atoms with van der Waals surface area (Å²) in [5.41, 5.74) is 0.856. The SMILES string of the molecule is CCC(C)(OC)C(=O)Nc1ccc(C)c(Cl)c1. The standard InChI is InChI=1S/C13H18ClNO2/c1-5-13(3,17-4)12(16)15-10-7-6-9(2)11(14)8-10/h6-8H,5H2,1-4H3,(H,15,16). The summed E-state index contributed by atoms with van der Waals surface area (Å²) in [5.74, 6) is -0.164. The van der Waals surface area contributed by atoms with Crippen LogP contribution in [0.15, 0.2) is 18.2 Å². The van der Waals surface area contributed by atoms with Gasteiger partial charge in [0.2, 0.25) is 0 Å². The van der Waals surface area contributed by atoms with Gasteiger partial charge in [0.05, 0.1) is 0 Å². The molecule has 0 heterocycles. The van der Waals surface area contributed by atoms with Crippen LogP contribution in [0.5, 0.6) is 0 Å². The van der Waals surface area contributed by atoms with Gasteiger partial charge >= 0.3 is 0 Å². The number of methoxy groups -OCH3 is 1. The van der Waals surface area contributed by atoms with Gasteiger partial charge in [-0.2, -0.15) is 0 Å². The van der Waals surface area contributed by atoms with Gasteiger partial charge in [-0.15, -0.1) is 0 Å². The van der Waals surface area contributed by atoms with Crippen molar-refractivity contribution < 1.29 is 9.53 Å². The predicted octanol–water partition coefficient (Wildman–Crippen LogP) is 3.40. The van der Waals surface area contributed by atoms with Gasteiger partial charge in [-0.1, -0.05) is 24.6 Å². The van der Waals surface area contributed by atoms with Gasteiger partial charge in [0.25, 0.3) is 5.91 Å². The van der Waals surface area contributed by atoms with E-state index in [-0.39, 0.29) is 5.91 Å². The minimum atomic E-state index is -0.808. The normalized spacial score (nSPS) is 14.2. The Balaban J connectivity index is 2.84. The lowest BCUT2D eigenvalue weighted by molar-refractivity contribution is -0.136. The zero-order valence-electron chi connectivity index (χ0n) is 10.6. The molecule has 0 aliphatic carbocycles. The summed E-state index contributed by atoms with van der Waals surface area (Å²) >= 11 is 6.00. The Bertz CT molecular complexity index is 414. The third-order valence-electron chi connectivity index (χ3n) is 3.04. The van der Waals surface area contributed by atoms with Crippen molar-refractivity contribution in [2.45, 2.75) is 32.8 Å². The van der Waals surface area contributed by atoms with Gasteiger partial charge in [-0.05, 0) is 38.0 Å².